The molecule has 1 spiro atoms. The van der Waals surface area contributed by atoms with Gasteiger partial charge in [-0.2, -0.15) is 0 Å². The quantitative estimate of drug-likeness (QED) is 0.193. The van der Waals surface area contributed by atoms with E-state index in [0.29, 0.717) is 17.7 Å². The average Bonchev–Trinajstić information content (AvgIpc) is 3.26. The molecule has 0 aromatic heterocycles. The summed E-state index contributed by atoms with van der Waals surface area (Å²) in [6, 6.07) is 10.2. The predicted molar refractivity (Wildman–Crippen MR) is 161 cm³/mol. The van der Waals surface area contributed by atoms with Gasteiger partial charge in [0, 0.05) is 0 Å². The normalized spacial score (nSPS) is 20.8. The van der Waals surface area contributed by atoms with E-state index in [4.69, 9.17) is 9.05 Å². The third-order valence-electron chi connectivity index (χ3n) is 9.04. The van der Waals surface area contributed by atoms with E-state index in [1.807, 2.05) is 0 Å². The molecule has 1 saturated heterocycles. The monoisotopic (exact) mass is 733 g/mol. The fourth-order valence-corrected chi connectivity index (χ4v) is 13.6. The SMILES string of the molecule is CC(C)c1cc(C(C)C)c(P23(OC(C(F)(F)F)(C(F)(F)F)c4ccccc42)OC(C(F)(F)F)(C(F)(F)F)N3c2ccccc2)c(C(C)C)c1. The zero-order valence-electron chi connectivity index (χ0n) is 26.8. The van der Waals surface area contributed by atoms with E-state index in [1.54, 1.807) is 13.8 Å². The number of benzene rings is 3. The van der Waals surface area contributed by atoms with Gasteiger partial charge in [0.15, 0.2) is 0 Å². The third-order valence-corrected chi connectivity index (χ3v) is 14.0. The van der Waals surface area contributed by atoms with E-state index < -0.39 is 81.6 Å². The standard InChI is InChI=1S/C33H32F12NO2P/c1-18(2)21-16-23(19(3)4)27(24(17-21)20(5)6)49(26-15-11-10-14-25(26)28(47-49,30(34,35)36)31(37,38)39)46(22-12-8-7-9-13-22)29(48-49,32(40,41)42)33(43,44)45/h7-20H,1-6H3. The van der Waals surface area contributed by atoms with Gasteiger partial charge in [-0.05, 0) is 0 Å². The Hall–Kier alpha value is -3.03. The van der Waals surface area contributed by atoms with Gasteiger partial charge in [-0.1, -0.05) is 0 Å². The summed E-state index contributed by atoms with van der Waals surface area (Å²) in [6.07, 6.45) is -25.9. The number of hydrogen-bond donors (Lipinski definition) is 0. The molecule has 0 unspecified atom stereocenters. The third kappa shape index (κ3) is 4.63. The number of anilines is 1. The fraction of sp³-hybridized carbons (Fsp3) is 0.455. The van der Waals surface area contributed by atoms with Crippen molar-refractivity contribution in [2.24, 2.45) is 0 Å². The molecular weight excluding hydrogens is 701 g/mol. The molecule has 0 aliphatic carbocycles. The Morgan fingerprint density at radius 3 is 1.43 bits per heavy atom. The van der Waals surface area contributed by atoms with Crippen molar-refractivity contribution < 1.29 is 61.7 Å². The number of alkyl halides is 12. The van der Waals surface area contributed by atoms with E-state index >= 15 is 52.7 Å². The number of para-hydroxylation sites is 1. The first-order chi connectivity index (χ1) is 22.3. The first-order valence-electron chi connectivity index (χ1n) is 15.1. The Balaban J connectivity index is 2.20. The molecule has 270 valence electrons. The van der Waals surface area contributed by atoms with E-state index in [0.717, 1.165) is 36.4 Å². The van der Waals surface area contributed by atoms with Crippen molar-refractivity contribution in [1.82, 2.24) is 0 Å². The van der Waals surface area contributed by atoms with Gasteiger partial charge in [-0.25, -0.2) is 0 Å². The van der Waals surface area contributed by atoms with Crippen molar-refractivity contribution in [2.75, 3.05) is 4.67 Å². The predicted octanol–water partition coefficient (Wildman–Crippen LogP) is 11.0. The molecule has 0 radical (unpaired) electrons. The summed E-state index contributed by atoms with van der Waals surface area (Å²) in [5.74, 6) is -2.08. The molecule has 3 aromatic carbocycles. The number of hydrogen-bond acceptors (Lipinski definition) is 3. The minimum atomic E-state index is -7.18. The van der Waals surface area contributed by atoms with Gasteiger partial charge >= 0.3 is 274 Å². The van der Waals surface area contributed by atoms with Crippen LogP contribution in [0.25, 0.3) is 0 Å². The molecule has 1 fully saturated rings. The van der Waals surface area contributed by atoms with Crippen molar-refractivity contribution in [3.8, 4) is 0 Å². The van der Waals surface area contributed by atoms with E-state index in [2.05, 4.69) is 0 Å². The summed E-state index contributed by atoms with van der Waals surface area (Å²) < 4.78 is 194. The number of rotatable bonds is 5. The molecule has 49 heavy (non-hydrogen) atoms. The summed E-state index contributed by atoms with van der Waals surface area (Å²) >= 11 is 0. The topological polar surface area (TPSA) is 21.7 Å². The van der Waals surface area contributed by atoms with Crippen LogP contribution in [0.1, 0.15) is 81.5 Å². The average molecular weight is 734 g/mol. The van der Waals surface area contributed by atoms with Crippen LogP contribution in [0.15, 0.2) is 66.7 Å². The van der Waals surface area contributed by atoms with Gasteiger partial charge in [0.1, 0.15) is 0 Å². The van der Waals surface area contributed by atoms with Crippen molar-refractivity contribution >= 4 is 23.5 Å². The summed E-state index contributed by atoms with van der Waals surface area (Å²) in [5, 5.41) is -1.92. The number of nitrogens with zero attached hydrogens (tertiary/aromatic N) is 1. The van der Waals surface area contributed by atoms with Gasteiger partial charge in [-0.3, -0.25) is 0 Å². The second-order valence-electron chi connectivity index (χ2n) is 13.1. The van der Waals surface area contributed by atoms with E-state index in [-0.39, 0.29) is 17.0 Å². The first-order valence-corrected chi connectivity index (χ1v) is 17.1. The van der Waals surface area contributed by atoms with Crippen molar-refractivity contribution in [3.63, 3.8) is 0 Å². The summed E-state index contributed by atoms with van der Waals surface area (Å²) in [6.45, 7) is 9.33. The Kier molecular flexibility index (Phi) is 8.35. The molecule has 2 heterocycles. The molecule has 2 aliphatic heterocycles. The van der Waals surface area contributed by atoms with Crippen LogP contribution in [0.3, 0.4) is 0 Å². The van der Waals surface area contributed by atoms with Crippen LogP contribution in [0.2, 0.25) is 0 Å². The van der Waals surface area contributed by atoms with Gasteiger partial charge in [0.2, 0.25) is 0 Å². The van der Waals surface area contributed by atoms with Crippen LogP contribution in [-0.4, -0.2) is 30.4 Å². The molecule has 0 amide bonds. The van der Waals surface area contributed by atoms with E-state index in [1.165, 1.54) is 45.9 Å². The van der Waals surface area contributed by atoms with Crippen molar-refractivity contribution in [2.45, 2.75) is 95.3 Å². The van der Waals surface area contributed by atoms with Gasteiger partial charge in [0.05, 0.1) is 0 Å². The van der Waals surface area contributed by atoms with Crippen LogP contribution >= 0.6 is 7.21 Å². The zero-order chi connectivity index (χ0) is 37.0. The second-order valence-corrected chi connectivity index (χ2v) is 16.6. The molecule has 3 nitrogen and oxygen atoms in total. The molecule has 0 bridgehead atoms. The Bertz CT molecular complexity index is 1690. The van der Waals surface area contributed by atoms with Gasteiger partial charge < -0.3 is 0 Å². The van der Waals surface area contributed by atoms with Crippen LogP contribution in [0, 0.1) is 0 Å². The molecular formula is C33H32F12NO2P. The van der Waals surface area contributed by atoms with Gasteiger partial charge in [0.25, 0.3) is 0 Å². The van der Waals surface area contributed by atoms with Crippen LogP contribution in [0.4, 0.5) is 58.4 Å². The molecule has 5 rings (SSSR count). The Labute approximate surface area is 274 Å². The van der Waals surface area contributed by atoms with Crippen LogP contribution < -0.4 is 15.3 Å². The second kappa shape index (κ2) is 11.0. The van der Waals surface area contributed by atoms with Gasteiger partial charge in [-0.15, -0.1) is 0 Å². The number of fused-ring (bicyclic) bond motifs is 2. The summed E-state index contributed by atoms with van der Waals surface area (Å²) in [5.41, 5.74) is -13.4. The molecule has 16 heteroatoms. The molecule has 0 N–H and O–H groups in total. The van der Waals surface area contributed by atoms with Crippen molar-refractivity contribution in [3.05, 3.63) is 89.0 Å². The summed E-state index contributed by atoms with van der Waals surface area (Å²) in [7, 11) is -7.18. The molecule has 3 aromatic rings. The molecule has 2 aliphatic rings. The minimum absolute atomic E-state index is 0.124. The molecule has 0 saturated carbocycles. The van der Waals surface area contributed by atoms with E-state index in [9.17, 15) is 0 Å². The Morgan fingerprint density at radius 1 is 0.571 bits per heavy atom. The number of halogens is 12. The maximum atomic E-state index is 15.3. The van der Waals surface area contributed by atoms with Crippen LogP contribution in [-0.2, 0) is 14.6 Å². The maximum absolute atomic E-state index is 15.3. The fourth-order valence-electron chi connectivity index (χ4n) is 6.95. The molecule has 0 atom stereocenters. The Morgan fingerprint density at radius 2 is 1.02 bits per heavy atom. The zero-order valence-corrected chi connectivity index (χ0v) is 27.7. The van der Waals surface area contributed by atoms with Crippen molar-refractivity contribution in [1.29, 1.82) is 0 Å². The first kappa shape index (κ1) is 37.2. The van der Waals surface area contributed by atoms with Crippen LogP contribution in [0.5, 0.6) is 0 Å². The summed E-state index contributed by atoms with van der Waals surface area (Å²) in [4.78, 5) is 0.